The summed E-state index contributed by atoms with van der Waals surface area (Å²) in [7, 11) is 2.67. The van der Waals surface area contributed by atoms with Gasteiger partial charge in [0.15, 0.2) is 0 Å². The van der Waals surface area contributed by atoms with Crippen LogP contribution < -0.4 is 10.1 Å². The molecule has 0 saturated carbocycles. The van der Waals surface area contributed by atoms with Crippen molar-refractivity contribution in [3.05, 3.63) is 63.7 Å². The highest BCUT2D eigenvalue weighted by atomic mass is 16.6. The van der Waals surface area contributed by atoms with E-state index in [1.807, 2.05) is 0 Å². The van der Waals surface area contributed by atoms with E-state index in [1.165, 1.54) is 13.2 Å². The fourth-order valence-electron chi connectivity index (χ4n) is 1.96. The van der Waals surface area contributed by atoms with Gasteiger partial charge in [0.2, 0.25) is 0 Å². The van der Waals surface area contributed by atoms with Gasteiger partial charge in [0.1, 0.15) is 5.75 Å². The molecule has 2 rings (SSSR count). The van der Waals surface area contributed by atoms with Gasteiger partial charge in [0.25, 0.3) is 11.6 Å². The number of carbonyl (C=O) groups is 2. The molecule has 0 heterocycles. The van der Waals surface area contributed by atoms with E-state index in [2.05, 4.69) is 10.1 Å². The molecule has 24 heavy (non-hydrogen) atoms. The van der Waals surface area contributed by atoms with Gasteiger partial charge < -0.3 is 14.8 Å². The largest absolute Gasteiger partial charge is 0.497 e. The number of anilines is 1. The minimum atomic E-state index is -0.766. The summed E-state index contributed by atoms with van der Waals surface area (Å²) in [6.07, 6.45) is 0. The number of hydrogen-bond donors (Lipinski definition) is 1. The Hall–Kier alpha value is -3.42. The summed E-state index contributed by atoms with van der Waals surface area (Å²) in [6, 6.07) is 9.93. The third-order valence-electron chi connectivity index (χ3n) is 3.16. The Morgan fingerprint density at radius 1 is 1.04 bits per heavy atom. The summed E-state index contributed by atoms with van der Waals surface area (Å²) >= 11 is 0. The van der Waals surface area contributed by atoms with E-state index >= 15 is 0 Å². The smallest absolute Gasteiger partial charge is 0.338 e. The number of ether oxygens (including phenoxy) is 2. The van der Waals surface area contributed by atoms with Gasteiger partial charge in [0.05, 0.1) is 24.7 Å². The van der Waals surface area contributed by atoms with Crippen molar-refractivity contribution >= 4 is 23.3 Å². The number of carbonyl (C=O) groups excluding carboxylic acids is 2. The average Bonchev–Trinajstić information content (AvgIpc) is 2.61. The maximum Gasteiger partial charge on any atom is 0.338 e. The van der Waals surface area contributed by atoms with Crippen LogP contribution in [-0.4, -0.2) is 31.0 Å². The number of hydrogen-bond acceptors (Lipinski definition) is 6. The molecule has 8 heteroatoms. The van der Waals surface area contributed by atoms with Crippen molar-refractivity contribution in [2.75, 3.05) is 19.5 Å². The Balaban J connectivity index is 2.31. The summed E-state index contributed by atoms with van der Waals surface area (Å²) in [6.45, 7) is 0. The molecule has 0 fully saturated rings. The van der Waals surface area contributed by atoms with Gasteiger partial charge in [0, 0.05) is 23.4 Å². The van der Waals surface area contributed by atoms with E-state index in [0.717, 1.165) is 19.2 Å². The second kappa shape index (κ2) is 7.23. The minimum absolute atomic E-state index is 0.0274. The van der Waals surface area contributed by atoms with E-state index in [9.17, 15) is 19.7 Å². The van der Waals surface area contributed by atoms with Crippen molar-refractivity contribution in [3.8, 4) is 5.75 Å². The van der Waals surface area contributed by atoms with E-state index in [1.54, 1.807) is 24.3 Å². The molecular formula is C16H14N2O6. The quantitative estimate of drug-likeness (QED) is 0.513. The first-order chi connectivity index (χ1) is 11.4. The lowest BCUT2D eigenvalue weighted by molar-refractivity contribution is -0.384. The lowest BCUT2D eigenvalue weighted by Gasteiger charge is -2.07. The number of nitro benzene ring substituents is 1. The molecule has 0 spiro atoms. The van der Waals surface area contributed by atoms with E-state index in [-0.39, 0.29) is 16.8 Å². The molecule has 0 aromatic heterocycles. The number of rotatable bonds is 5. The molecule has 8 nitrogen and oxygen atoms in total. The monoisotopic (exact) mass is 330 g/mol. The SMILES string of the molecule is COC(=O)c1cc(C(=O)Nc2ccc(OC)cc2)cc([N+](=O)[O-])c1. The topological polar surface area (TPSA) is 108 Å². The second-order valence-corrected chi connectivity index (χ2v) is 4.70. The van der Waals surface area contributed by atoms with Crippen LogP contribution in [0.1, 0.15) is 20.7 Å². The highest BCUT2D eigenvalue weighted by molar-refractivity contribution is 6.06. The van der Waals surface area contributed by atoms with Crippen LogP contribution in [-0.2, 0) is 4.74 Å². The number of benzene rings is 2. The average molecular weight is 330 g/mol. The predicted molar refractivity (Wildman–Crippen MR) is 85.4 cm³/mol. The van der Waals surface area contributed by atoms with Crippen LogP contribution in [0.5, 0.6) is 5.75 Å². The molecule has 1 amide bonds. The Kier molecular flexibility index (Phi) is 5.10. The molecular weight excluding hydrogens is 316 g/mol. The molecule has 124 valence electrons. The zero-order chi connectivity index (χ0) is 17.7. The van der Waals surface area contributed by atoms with Gasteiger partial charge in [-0.05, 0) is 30.3 Å². The van der Waals surface area contributed by atoms with Crippen LogP contribution in [0.2, 0.25) is 0 Å². The molecule has 0 saturated heterocycles. The first kappa shape index (κ1) is 16.9. The van der Waals surface area contributed by atoms with E-state index in [4.69, 9.17) is 4.74 Å². The zero-order valence-corrected chi connectivity index (χ0v) is 12.9. The van der Waals surface area contributed by atoms with Crippen LogP contribution in [0, 0.1) is 10.1 Å². The Morgan fingerprint density at radius 2 is 1.67 bits per heavy atom. The first-order valence-electron chi connectivity index (χ1n) is 6.78. The fraction of sp³-hybridized carbons (Fsp3) is 0.125. The minimum Gasteiger partial charge on any atom is -0.497 e. The summed E-state index contributed by atoms with van der Waals surface area (Å²) in [5.74, 6) is -0.734. The molecule has 0 aliphatic rings. The standard InChI is InChI=1S/C16H14N2O6/c1-23-14-5-3-12(4-6-14)17-15(19)10-7-11(16(20)24-2)9-13(8-10)18(21)22/h3-9H,1-2H3,(H,17,19). The van der Waals surface area contributed by atoms with Crippen molar-refractivity contribution in [2.24, 2.45) is 0 Å². The molecule has 0 unspecified atom stereocenters. The van der Waals surface area contributed by atoms with Gasteiger partial charge in [-0.1, -0.05) is 0 Å². The summed E-state index contributed by atoms with van der Waals surface area (Å²) in [5.41, 5.74) is -0.00305. The van der Waals surface area contributed by atoms with Gasteiger partial charge in [-0.2, -0.15) is 0 Å². The number of nitrogens with zero attached hydrogens (tertiary/aromatic N) is 1. The predicted octanol–water partition coefficient (Wildman–Crippen LogP) is 2.64. The normalized spacial score (nSPS) is 9.92. The van der Waals surface area contributed by atoms with Crippen molar-refractivity contribution < 1.29 is 24.0 Å². The van der Waals surface area contributed by atoms with Crippen molar-refractivity contribution in [1.82, 2.24) is 0 Å². The highest BCUT2D eigenvalue weighted by Gasteiger charge is 2.18. The van der Waals surface area contributed by atoms with Crippen molar-refractivity contribution in [2.45, 2.75) is 0 Å². The number of esters is 1. The molecule has 1 N–H and O–H groups in total. The third-order valence-corrected chi connectivity index (χ3v) is 3.16. The number of nitro groups is 1. The summed E-state index contributed by atoms with van der Waals surface area (Å²) in [5, 5.41) is 13.6. The first-order valence-corrected chi connectivity index (χ1v) is 6.78. The number of amides is 1. The van der Waals surface area contributed by atoms with Crippen LogP contribution in [0.25, 0.3) is 0 Å². The molecule has 0 aliphatic heterocycles. The lowest BCUT2D eigenvalue weighted by atomic mass is 10.1. The van der Waals surface area contributed by atoms with Gasteiger partial charge in [-0.15, -0.1) is 0 Å². The summed E-state index contributed by atoms with van der Waals surface area (Å²) in [4.78, 5) is 34.2. The fourth-order valence-corrected chi connectivity index (χ4v) is 1.96. The molecule has 0 bridgehead atoms. The third kappa shape index (κ3) is 3.86. The highest BCUT2D eigenvalue weighted by Crippen LogP contribution is 2.20. The zero-order valence-electron chi connectivity index (χ0n) is 12.9. The molecule has 0 atom stereocenters. The van der Waals surface area contributed by atoms with Gasteiger partial charge in [-0.3, -0.25) is 14.9 Å². The second-order valence-electron chi connectivity index (χ2n) is 4.70. The maximum atomic E-state index is 12.3. The van der Waals surface area contributed by atoms with Crippen LogP contribution in [0.4, 0.5) is 11.4 Å². The molecule has 0 radical (unpaired) electrons. The van der Waals surface area contributed by atoms with Crippen molar-refractivity contribution in [1.29, 1.82) is 0 Å². The maximum absolute atomic E-state index is 12.3. The van der Waals surface area contributed by atoms with E-state index in [0.29, 0.717) is 11.4 Å². The van der Waals surface area contributed by atoms with Crippen LogP contribution in [0.3, 0.4) is 0 Å². The van der Waals surface area contributed by atoms with Crippen molar-refractivity contribution in [3.63, 3.8) is 0 Å². The Labute approximate surface area is 137 Å². The molecule has 2 aromatic rings. The number of nitrogens with one attached hydrogen (secondary N) is 1. The summed E-state index contributed by atoms with van der Waals surface area (Å²) < 4.78 is 9.56. The Bertz CT molecular complexity index is 786. The lowest BCUT2D eigenvalue weighted by Crippen LogP contribution is -2.14. The molecule has 0 aliphatic carbocycles. The number of non-ortho nitro benzene ring substituents is 1. The van der Waals surface area contributed by atoms with Gasteiger partial charge >= 0.3 is 5.97 Å². The van der Waals surface area contributed by atoms with Crippen LogP contribution in [0.15, 0.2) is 42.5 Å². The van der Waals surface area contributed by atoms with Crippen LogP contribution >= 0.6 is 0 Å². The van der Waals surface area contributed by atoms with E-state index < -0.39 is 16.8 Å². The Morgan fingerprint density at radius 3 is 2.21 bits per heavy atom. The van der Waals surface area contributed by atoms with Gasteiger partial charge in [-0.25, -0.2) is 4.79 Å². The molecule has 2 aromatic carbocycles. The number of methoxy groups -OCH3 is 2.